The molecule has 2 atom stereocenters. The fraction of sp³-hybridized carbons (Fsp3) is 0.500. The van der Waals surface area contributed by atoms with Crippen LogP contribution in [-0.4, -0.2) is 10.5 Å². The second-order valence-corrected chi connectivity index (χ2v) is 6.26. The van der Waals surface area contributed by atoms with Gasteiger partial charge in [-0.25, -0.2) is 0 Å². The Balaban J connectivity index is 2.76. The van der Waals surface area contributed by atoms with Gasteiger partial charge in [-0.3, -0.25) is 10.1 Å². The lowest BCUT2D eigenvalue weighted by molar-refractivity contribution is -0.385. The molecule has 0 amide bonds. The molecule has 1 aromatic rings. The Morgan fingerprint density at radius 3 is 2.44 bits per heavy atom. The van der Waals surface area contributed by atoms with Gasteiger partial charge < -0.3 is 4.52 Å². The third kappa shape index (κ3) is 5.39. The molecule has 0 aliphatic heterocycles. The van der Waals surface area contributed by atoms with Crippen LogP contribution >= 0.6 is 18.0 Å². The normalized spacial score (nSPS) is 12.2. The molecule has 0 aromatic heterocycles. The van der Waals surface area contributed by atoms with Crippen LogP contribution < -0.4 is 0 Å². The number of non-ortho nitro benzene ring substituents is 1. The first-order chi connectivity index (χ1) is 8.31. The predicted molar refractivity (Wildman–Crippen MR) is 79.4 cm³/mol. The molecule has 0 spiro atoms. The highest BCUT2D eigenvalue weighted by Crippen LogP contribution is 2.29. The molecular weight excluding hydrogens is 268 g/mol. The Morgan fingerprint density at radius 1 is 1.33 bits per heavy atom. The van der Waals surface area contributed by atoms with Crippen LogP contribution in [0.4, 0.5) is 5.69 Å². The third-order valence-corrected chi connectivity index (χ3v) is 3.92. The summed E-state index contributed by atoms with van der Waals surface area (Å²) < 4.78 is 5.66. The summed E-state index contributed by atoms with van der Waals surface area (Å²) >= 11 is 0. The van der Waals surface area contributed by atoms with Gasteiger partial charge in [-0.2, -0.15) is 0 Å². The monoisotopic (exact) mass is 287 g/mol. The zero-order chi connectivity index (χ0) is 13.8. The first kappa shape index (κ1) is 15.5. The van der Waals surface area contributed by atoms with Gasteiger partial charge in [0.2, 0.25) is 0 Å². The molecule has 0 heterocycles. The summed E-state index contributed by atoms with van der Waals surface area (Å²) in [7, 11) is 2.91. The lowest BCUT2D eigenvalue weighted by Gasteiger charge is -2.19. The minimum absolute atomic E-state index is 0.158. The van der Waals surface area contributed by atoms with Gasteiger partial charge in [-0.05, 0) is 38.1 Å². The molecule has 18 heavy (non-hydrogen) atoms. The standard InChI is InChI=1S/C12H19NO3P2/c1-12(2,3)16-18-8-10-4-9(7-17)5-11(6-10)13(14)15/h4-6,18H,7-8,17H2,1-3H3. The van der Waals surface area contributed by atoms with Crippen molar-refractivity contribution in [2.24, 2.45) is 0 Å². The van der Waals surface area contributed by atoms with Crippen molar-refractivity contribution in [2.45, 2.75) is 38.7 Å². The molecule has 0 fully saturated rings. The van der Waals surface area contributed by atoms with Crippen LogP contribution in [0.2, 0.25) is 0 Å². The smallest absolute Gasteiger partial charge is 0.270 e. The van der Waals surface area contributed by atoms with Gasteiger partial charge in [0.25, 0.3) is 5.69 Å². The Morgan fingerprint density at radius 2 is 1.94 bits per heavy atom. The second kappa shape index (κ2) is 6.56. The molecule has 0 aliphatic carbocycles. The van der Waals surface area contributed by atoms with Crippen LogP contribution in [0, 0.1) is 10.1 Å². The molecule has 1 aromatic carbocycles. The molecule has 0 saturated heterocycles. The van der Waals surface area contributed by atoms with Gasteiger partial charge in [0, 0.05) is 27.1 Å². The molecule has 2 unspecified atom stereocenters. The Bertz CT molecular complexity index is 430. The van der Waals surface area contributed by atoms with Crippen molar-refractivity contribution in [1.82, 2.24) is 0 Å². The van der Waals surface area contributed by atoms with Crippen molar-refractivity contribution >= 4 is 23.7 Å². The van der Waals surface area contributed by atoms with E-state index < -0.39 is 0 Å². The minimum atomic E-state index is -0.346. The summed E-state index contributed by atoms with van der Waals surface area (Å²) in [6.45, 7) is 6.00. The number of nitro benzene ring substituents is 1. The highest BCUT2D eigenvalue weighted by Gasteiger charge is 2.12. The topological polar surface area (TPSA) is 52.4 Å². The summed E-state index contributed by atoms with van der Waals surface area (Å²) in [6.07, 6.45) is 1.44. The van der Waals surface area contributed by atoms with Crippen LogP contribution in [0.15, 0.2) is 18.2 Å². The van der Waals surface area contributed by atoms with E-state index in [0.29, 0.717) is 8.81 Å². The van der Waals surface area contributed by atoms with Gasteiger partial charge in [0.15, 0.2) is 0 Å². The Labute approximate surface area is 112 Å². The molecule has 0 aliphatic rings. The number of nitro groups is 1. The van der Waals surface area contributed by atoms with Gasteiger partial charge >= 0.3 is 0 Å². The molecule has 0 N–H and O–H groups in total. The highest BCUT2D eigenvalue weighted by atomic mass is 31.1. The maximum absolute atomic E-state index is 10.8. The lowest BCUT2D eigenvalue weighted by atomic mass is 10.1. The van der Waals surface area contributed by atoms with Crippen LogP contribution in [0.25, 0.3) is 0 Å². The molecule has 4 nitrogen and oxygen atoms in total. The van der Waals surface area contributed by atoms with E-state index in [1.807, 2.05) is 26.8 Å². The van der Waals surface area contributed by atoms with E-state index >= 15 is 0 Å². The quantitative estimate of drug-likeness (QED) is 0.469. The van der Waals surface area contributed by atoms with Crippen molar-refractivity contribution in [3.05, 3.63) is 39.4 Å². The van der Waals surface area contributed by atoms with Gasteiger partial charge in [-0.15, -0.1) is 9.24 Å². The average Bonchev–Trinajstić information content (AvgIpc) is 2.26. The molecule has 6 heteroatoms. The predicted octanol–water partition coefficient (Wildman–Crippen LogP) is 3.88. The van der Waals surface area contributed by atoms with Gasteiger partial charge in [0.05, 0.1) is 10.5 Å². The molecular formula is C12H19NO3P2. The number of nitrogens with zero attached hydrogens (tertiary/aromatic N) is 1. The molecule has 100 valence electrons. The first-order valence-corrected chi connectivity index (χ1v) is 7.63. The fourth-order valence-corrected chi connectivity index (χ4v) is 2.52. The third-order valence-electron chi connectivity index (χ3n) is 2.14. The van der Waals surface area contributed by atoms with Crippen LogP contribution in [0.5, 0.6) is 0 Å². The van der Waals surface area contributed by atoms with Crippen molar-refractivity contribution < 1.29 is 9.45 Å². The summed E-state index contributed by atoms with van der Waals surface area (Å²) in [4.78, 5) is 10.5. The van der Waals surface area contributed by atoms with E-state index in [1.54, 1.807) is 12.1 Å². The number of hydrogen-bond donors (Lipinski definition) is 0. The zero-order valence-corrected chi connectivity index (χ0v) is 13.1. The van der Waals surface area contributed by atoms with Gasteiger partial charge in [-0.1, -0.05) is 6.07 Å². The van der Waals surface area contributed by atoms with Crippen LogP contribution in [0.3, 0.4) is 0 Å². The van der Waals surface area contributed by atoms with E-state index in [9.17, 15) is 10.1 Å². The molecule has 1 rings (SSSR count). The minimum Gasteiger partial charge on any atom is -0.357 e. The SMILES string of the molecule is CC(C)(C)OPCc1cc(CP)cc([N+](=O)[O-])c1. The molecule has 0 saturated carbocycles. The van der Waals surface area contributed by atoms with Crippen molar-refractivity contribution in [3.63, 3.8) is 0 Å². The van der Waals surface area contributed by atoms with Crippen molar-refractivity contribution in [1.29, 1.82) is 0 Å². The largest absolute Gasteiger partial charge is 0.357 e. The number of benzene rings is 1. The van der Waals surface area contributed by atoms with E-state index in [4.69, 9.17) is 4.52 Å². The maximum Gasteiger partial charge on any atom is 0.270 e. The summed E-state index contributed by atoms with van der Waals surface area (Å²) in [5.74, 6) is 0. The highest BCUT2D eigenvalue weighted by molar-refractivity contribution is 7.31. The summed E-state index contributed by atoms with van der Waals surface area (Å²) in [5, 5.41) is 10.8. The maximum atomic E-state index is 10.8. The van der Waals surface area contributed by atoms with Gasteiger partial charge in [0.1, 0.15) is 0 Å². The lowest BCUT2D eigenvalue weighted by Crippen LogP contribution is -2.13. The zero-order valence-electron chi connectivity index (χ0n) is 10.9. The Kier molecular flexibility index (Phi) is 5.65. The number of hydrogen-bond acceptors (Lipinski definition) is 3. The van der Waals surface area contributed by atoms with Crippen molar-refractivity contribution in [3.8, 4) is 0 Å². The van der Waals surface area contributed by atoms with E-state index in [2.05, 4.69) is 9.24 Å². The second-order valence-electron chi connectivity index (χ2n) is 5.00. The molecule has 0 bridgehead atoms. The van der Waals surface area contributed by atoms with E-state index in [0.717, 1.165) is 23.5 Å². The fourth-order valence-electron chi connectivity index (χ4n) is 1.40. The van der Waals surface area contributed by atoms with Crippen LogP contribution in [0.1, 0.15) is 31.9 Å². The van der Waals surface area contributed by atoms with E-state index in [-0.39, 0.29) is 16.2 Å². The Hall–Kier alpha value is -0.560. The summed E-state index contributed by atoms with van der Waals surface area (Å²) in [5.41, 5.74) is 1.92. The van der Waals surface area contributed by atoms with Crippen molar-refractivity contribution in [2.75, 3.05) is 0 Å². The molecule has 0 radical (unpaired) electrons. The summed E-state index contributed by atoms with van der Waals surface area (Å²) in [6, 6.07) is 5.24. The number of rotatable bonds is 5. The van der Waals surface area contributed by atoms with Crippen LogP contribution in [-0.2, 0) is 16.8 Å². The average molecular weight is 287 g/mol. The van der Waals surface area contributed by atoms with E-state index in [1.165, 1.54) is 0 Å². The first-order valence-electron chi connectivity index (χ1n) is 5.70.